The van der Waals surface area contributed by atoms with Crippen molar-refractivity contribution < 1.29 is 41.7 Å². The lowest BCUT2D eigenvalue weighted by atomic mass is 9.98. The van der Waals surface area contributed by atoms with E-state index < -0.39 is 29.6 Å². The van der Waals surface area contributed by atoms with Gasteiger partial charge in [-0.2, -0.15) is 18.3 Å². The van der Waals surface area contributed by atoms with Crippen molar-refractivity contribution in [2.24, 2.45) is 5.10 Å². The second kappa shape index (κ2) is 14.9. The number of carbonyl (C=O) groups is 2. The predicted octanol–water partition coefficient (Wildman–Crippen LogP) is 4.88. The molecule has 2 heterocycles. The van der Waals surface area contributed by atoms with Gasteiger partial charge >= 0.3 is 6.18 Å². The van der Waals surface area contributed by atoms with Crippen LogP contribution in [0.2, 0.25) is 0 Å². The number of carbonyl (C=O) groups excluding carboxylic acids is 2. The summed E-state index contributed by atoms with van der Waals surface area (Å²) in [4.78, 5) is 31.3. The second-order valence-electron chi connectivity index (χ2n) is 11.1. The van der Waals surface area contributed by atoms with Gasteiger partial charge in [0.25, 0.3) is 11.8 Å². The lowest BCUT2D eigenvalue weighted by Gasteiger charge is -2.31. The van der Waals surface area contributed by atoms with Crippen molar-refractivity contribution in [3.8, 4) is 17.2 Å². The molecule has 5 rings (SSSR count). The van der Waals surface area contributed by atoms with Crippen LogP contribution in [0.25, 0.3) is 0 Å². The van der Waals surface area contributed by atoms with E-state index in [1.165, 1.54) is 24.1 Å². The van der Waals surface area contributed by atoms with Crippen LogP contribution >= 0.6 is 0 Å². The third-order valence-corrected chi connectivity index (χ3v) is 8.24. The van der Waals surface area contributed by atoms with Crippen molar-refractivity contribution in [3.63, 3.8) is 0 Å². The minimum atomic E-state index is -4.54. The summed E-state index contributed by atoms with van der Waals surface area (Å²) in [6, 6.07) is 16.2. The fourth-order valence-corrected chi connectivity index (χ4v) is 5.58. The summed E-state index contributed by atoms with van der Waals surface area (Å²) in [5.74, 6) is 0.686. The van der Waals surface area contributed by atoms with Crippen LogP contribution in [0.15, 0.2) is 71.8 Å². The van der Waals surface area contributed by atoms with Crippen LogP contribution in [0.1, 0.15) is 39.5 Å². The van der Waals surface area contributed by atoms with Crippen molar-refractivity contribution in [1.29, 1.82) is 0 Å². The zero-order valence-electron chi connectivity index (χ0n) is 26.5. The van der Waals surface area contributed by atoms with Crippen LogP contribution in [0.4, 0.5) is 13.2 Å². The molecular weight excluding hydrogens is 617 g/mol. The SMILES string of the molecule is COc1ccc(C2=NN(C(=O)CN(CCN3CCOCC3)C(=O)c3ccc(C(F)(F)F)cc3)[C@H](c3ccc(OC)c(OC)c3)C2)cc1. The molecule has 0 unspecified atom stereocenters. The predicted molar refractivity (Wildman–Crippen MR) is 168 cm³/mol. The minimum Gasteiger partial charge on any atom is -0.497 e. The molecule has 1 fully saturated rings. The summed E-state index contributed by atoms with van der Waals surface area (Å²) in [5, 5.41) is 6.12. The maximum Gasteiger partial charge on any atom is 0.416 e. The Labute approximate surface area is 271 Å². The minimum absolute atomic E-state index is 0.0491. The lowest BCUT2D eigenvalue weighted by Crippen LogP contribution is -2.46. The van der Waals surface area contributed by atoms with Gasteiger partial charge < -0.3 is 23.8 Å². The Morgan fingerprint density at radius 3 is 2.21 bits per heavy atom. The van der Waals surface area contributed by atoms with Crippen molar-refractivity contribution in [3.05, 3.63) is 89.0 Å². The quantitative estimate of drug-likeness (QED) is 0.291. The zero-order chi connectivity index (χ0) is 33.6. The Hall–Kier alpha value is -4.62. The molecule has 0 radical (unpaired) electrons. The molecule has 3 aromatic rings. The van der Waals surface area contributed by atoms with E-state index in [0.29, 0.717) is 62.2 Å². The van der Waals surface area contributed by atoms with Gasteiger partial charge in [0, 0.05) is 38.2 Å². The first kappa shape index (κ1) is 33.7. The number of nitrogens with zero attached hydrogens (tertiary/aromatic N) is 4. The van der Waals surface area contributed by atoms with Crippen LogP contribution in [0.3, 0.4) is 0 Å². The molecule has 13 heteroatoms. The number of benzene rings is 3. The van der Waals surface area contributed by atoms with Gasteiger partial charge in [-0.25, -0.2) is 5.01 Å². The van der Waals surface area contributed by atoms with E-state index in [1.807, 2.05) is 30.3 Å². The van der Waals surface area contributed by atoms with E-state index in [0.717, 1.165) is 35.4 Å². The van der Waals surface area contributed by atoms with Crippen LogP contribution < -0.4 is 14.2 Å². The molecule has 47 heavy (non-hydrogen) atoms. The Bertz CT molecular complexity index is 1570. The maximum absolute atomic E-state index is 14.1. The molecule has 1 atom stereocenters. The summed E-state index contributed by atoms with van der Waals surface area (Å²) in [5.41, 5.74) is 1.40. The van der Waals surface area contributed by atoms with Gasteiger partial charge in [0.2, 0.25) is 0 Å². The Kier molecular flexibility index (Phi) is 10.7. The molecule has 1 saturated heterocycles. The molecule has 0 N–H and O–H groups in total. The fourth-order valence-electron chi connectivity index (χ4n) is 5.58. The number of rotatable bonds is 11. The molecule has 250 valence electrons. The molecule has 10 nitrogen and oxygen atoms in total. The molecule has 3 aromatic carbocycles. The number of amides is 2. The fraction of sp³-hybridized carbons (Fsp3) is 0.382. The topological polar surface area (TPSA) is 93.1 Å². The van der Waals surface area contributed by atoms with E-state index in [2.05, 4.69) is 4.90 Å². The highest BCUT2D eigenvalue weighted by atomic mass is 19.4. The molecule has 0 aliphatic carbocycles. The third-order valence-electron chi connectivity index (χ3n) is 8.24. The van der Waals surface area contributed by atoms with Gasteiger partial charge in [-0.1, -0.05) is 6.07 Å². The van der Waals surface area contributed by atoms with E-state index in [1.54, 1.807) is 19.2 Å². The first-order valence-corrected chi connectivity index (χ1v) is 15.1. The normalized spacial score (nSPS) is 16.9. The first-order valence-electron chi connectivity index (χ1n) is 15.1. The summed E-state index contributed by atoms with van der Waals surface area (Å²) < 4.78 is 61.3. The van der Waals surface area contributed by atoms with Gasteiger partial charge in [-0.3, -0.25) is 14.5 Å². The highest BCUT2D eigenvalue weighted by molar-refractivity contribution is 6.04. The van der Waals surface area contributed by atoms with Gasteiger partial charge in [0.1, 0.15) is 12.3 Å². The molecule has 0 aromatic heterocycles. The average Bonchev–Trinajstić information content (AvgIpc) is 3.55. The summed E-state index contributed by atoms with van der Waals surface area (Å²) in [6.07, 6.45) is -4.16. The largest absolute Gasteiger partial charge is 0.497 e. The Balaban J connectivity index is 1.45. The van der Waals surface area contributed by atoms with Crippen molar-refractivity contribution in [1.82, 2.24) is 14.8 Å². The molecular formula is C34H37F3N4O6. The van der Waals surface area contributed by atoms with E-state index in [4.69, 9.17) is 24.0 Å². The number of hydrazone groups is 1. The van der Waals surface area contributed by atoms with Crippen LogP contribution in [0.5, 0.6) is 17.2 Å². The highest BCUT2D eigenvalue weighted by Crippen LogP contribution is 2.38. The van der Waals surface area contributed by atoms with Crippen LogP contribution in [-0.2, 0) is 15.7 Å². The van der Waals surface area contributed by atoms with Crippen molar-refractivity contribution in [2.75, 3.05) is 67.3 Å². The number of methoxy groups -OCH3 is 3. The molecule has 2 aliphatic heterocycles. The summed E-state index contributed by atoms with van der Waals surface area (Å²) >= 11 is 0. The summed E-state index contributed by atoms with van der Waals surface area (Å²) in [6.45, 7) is 2.73. The molecule has 0 spiro atoms. The lowest BCUT2D eigenvalue weighted by molar-refractivity contribution is -0.137. The number of hydrogen-bond acceptors (Lipinski definition) is 8. The third kappa shape index (κ3) is 8.03. The monoisotopic (exact) mass is 654 g/mol. The first-order chi connectivity index (χ1) is 22.6. The van der Waals surface area contributed by atoms with Gasteiger partial charge in [0.15, 0.2) is 11.5 Å². The Morgan fingerprint density at radius 1 is 0.915 bits per heavy atom. The van der Waals surface area contributed by atoms with E-state index in [-0.39, 0.29) is 18.7 Å². The van der Waals surface area contributed by atoms with E-state index >= 15 is 0 Å². The second-order valence-corrected chi connectivity index (χ2v) is 11.1. The van der Waals surface area contributed by atoms with E-state index in [9.17, 15) is 22.8 Å². The van der Waals surface area contributed by atoms with Gasteiger partial charge in [-0.05, 0) is 71.8 Å². The smallest absolute Gasteiger partial charge is 0.416 e. The number of hydrogen-bond donors (Lipinski definition) is 0. The van der Waals surface area contributed by atoms with Crippen molar-refractivity contribution in [2.45, 2.75) is 18.6 Å². The van der Waals surface area contributed by atoms with Crippen LogP contribution in [-0.4, -0.2) is 99.6 Å². The zero-order valence-corrected chi connectivity index (χ0v) is 26.5. The number of ether oxygens (including phenoxy) is 4. The number of alkyl halides is 3. The highest BCUT2D eigenvalue weighted by Gasteiger charge is 2.36. The van der Waals surface area contributed by atoms with Gasteiger partial charge in [0.05, 0.1) is 51.9 Å². The molecule has 2 aliphatic rings. The summed E-state index contributed by atoms with van der Waals surface area (Å²) in [7, 11) is 4.64. The molecule has 2 amide bonds. The van der Waals surface area contributed by atoms with Crippen LogP contribution in [0, 0.1) is 0 Å². The maximum atomic E-state index is 14.1. The number of halogens is 3. The van der Waals surface area contributed by atoms with Gasteiger partial charge in [-0.15, -0.1) is 0 Å². The van der Waals surface area contributed by atoms with Crippen molar-refractivity contribution >= 4 is 17.5 Å². The number of morpholine rings is 1. The average molecular weight is 655 g/mol. The molecule has 0 saturated carbocycles. The standard InChI is InChI=1S/C34H37F3N4O6/c1-44-27-11-6-23(7-12-27)28-21-29(25-8-13-30(45-2)31(20-25)46-3)41(38-28)32(42)22-40(15-14-39-16-18-47-19-17-39)33(43)24-4-9-26(10-5-24)34(35,36)37/h4-13,20,29H,14-19,21-22H2,1-3H3/t29-/m0/s1. The molecule has 0 bridgehead atoms. The Morgan fingerprint density at radius 2 is 1.60 bits per heavy atom.